The van der Waals surface area contributed by atoms with Crippen LogP contribution in [-0.4, -0.2) is 36.5 Å². The standard InChI is InChI=1S/C19H20ClN3O2S/c1-12-8-15(16(25-3)9-13(12)20)21-18(24)10-23(2)11-19-22-14-6-4-5-7-17(14)26-19/h4-9H,10-11H2,1-3H3,(H,21,24). The molecule has 0 bridgehead atoms. The number of aromatic nitrogens is 1. The first kappa shape index (κ1) is 18.6. The van der Waals surface area contributed by atoms with E-state index in [1.54, 1.807) is 24.5 Å². The molecule has 0 unspecified atom stereocenters. The number of anilines is 1. The average molecular weight is 390 g/mol. The van der Waals surface area contributed by atoms with E-state index in [4.69, 9.17) is 16.3 Å². The van der Waals surface area contributed by atoms with Gasteiger partial charge in [0.15, 0.2) is 0 Å². The lowest BCUT2D eigenvalue weighted by atomic mass is 10.2. The first-order chi connectivity index (χ1) is 12.5. The van der Waals surface area contributed by atoms with E-state index in [2.05, 4.69) is 16.4 Å². The summed E-state index contributed by atoms with van der Waals surface area (Å²) in [6.07, 6.45) is 0. The minimum Gasteiger partial charge on any atom is -0.495 e. The molecule has 1 aromatic heterocycles. The number of amides is 1. The van der Waals surface area contributed by atoms with Crippen LogP contribution in [0, 0.1) is 6.92 Å². The number of methoxy groups -OCH3 is 1. The van der Waals surface area contributed by atoms with Crippen LogP contribution in [0.2, 0.25) is 5.02 Å². The van der Waals surface area contributed by atoms with E-state index in [0.29, 0.717) is 23.0 Å². The third-order valence-corrected chi connectivity index (χ3v) is 5.34. The number of ether oxygens (including phenoxy) is 1. The molecule has 2 aromatic carbocycles. The van der Waals surface area contributed by atoms with Crippen LogP contribution >= 0.6 is 22.9 Å². The number of carbonyl (C=O) groups excluding carboxylic acids is 1. The number of rotatable bonds is 6. The Morgan fingerprint density at radius 2 is 2.12 bits per heavy atom. The molecule has 0 atom stereocenters. The van der Waals surface area contributed by atoms with Crippen LogP contribution in [0.15, 0.2) is 36.4 Å². The van der Waals surface area contributed by atoms with Crippen molar-refractivity contribution in [2.75, 3.05) is 26.0 Å². The van der Waals surface area contributed by atoms with Crippen molar-refractivity contribution >= 4 is 44.7 Å². The summed E-state index contributed by atoms with van der Waals surface area (Å²) in [6.45, 7) is 2.75. The maximum Gasteiger partial charge on any atom is 0.238 e. The first-order valence-electron chi connectivity index (χ1n) is 8.13. The zero-order chi connectivity index (χ0) is 18.7. The Labute approximate surface area is 161 Å². The number of thiazole rings is 1. The number of nitrogens with zero attached hydrogens (tertiary/aromatic N) is 2. The maximum atomic E-state index is 12.4. The van der Waals surface area contributed by atoms with E-state index in [-0.39, 0.29) is 12.5 Å². The highest BCUT2D eigenvalue weighted by atomic mass is 35.5. The summed E-state index contributed by atoms with van der Waals surface area (Å²) in [5, 5.41) is 4.48. The van der Waals surface area contributed by atoms with Gasteiger partial charge in [0.05, 0.1) is 36.1 Å². The van der Waals surface area contributed by atoms with Crippen LogP contribution in [0.25, 0.3) is 10.2 Å². The lowest BCUT2D eigenvalue weighted by Gasteiger charge is -2.16. The van der Waals surface area contributed by atoms with E-state index in [0.717, 1.165) is 20.8 Å². The predicted molar refractivity (Wildman–Crippen MR) is 107 cm³/mol. The van der Waals surface area contributed by atoms with Gasteiger partial charge in [-0.3, -0.25) is 9.69 Å². The molecule has 26 heavy (non-hydrogen) atoms. The Hall–Kier alpha value is -2.15. The van der Waals surface area contributed by atoms with Crippen molar-refractivity contribution in [1.29, 1.82) is 0 Å². The second-order valence-corrected chi connectivity index (χ2v) is 7.62. The lowest BCUT2D eigenvalue weighted by Crippen LogP contribution is -2.30. The number of aryl methyl sites for hydroxylation is 1. The van der Waals surface area contributed by atoms with E-state index in [1.165, 1.54) is 0 Å². The average Bonchev–Trinajstić information content (AvgIpc) is 2.99. The Kier molecular flexibility index (Phi) is 5.76. The van der Waals surface area contributed by atoms with Crippen molar-refractivity contribution in [2.45, 2.75) is 13.5 Å². The van der Waals surface area contributed by atoms with Gasteiger partial charge >= 0.3 is 0 Å². The molecule has 0 saturated carbocycles. The second kappa shape index (κ2) is 8.03. The number of benzene rings is 2. The molecule has 7 heteroatoms. The topological polar surface area (TPSA) is 54.5 Å². The number of hydrogen-bond donors (Lipinski definition) is 1. The van der Waals surface area contributed by atoms with Gasteiger partial charge in [0.25, 0.3) is 0 Å². The number of nitrogens with one attached hydrogen (secondary N) is 1. The Morgan fingerprint density at radius 1 is 1.35 bits per heavy atom. The molecule has 3 aromatic rings. The molecule has 1 amide bonds. The van der Waals surface area contributed by atoms with Crippen molar-refractivity contribution in [3.63, 3.8) is 0 Å². The quantitative estimate of drug-likeness (QED) is 0.681. The van der Waals surface area contributed by atoms with Crippen molar-refractivity contribution in [3.8, 4) is 5.75 Å². The Balaban J connectivity index is 1.63. The van der Waals surface area contributed by atoms with Crippen LogP contribution in [0.1, 0.15) is 10.6 Å². The molecule has 0 radical (unpaired) electrons. The smallest absolute Gasteiger partial charge is 0.238 e. The van der Waals surface area contributed by atoms with Gasteiger partial charge in [0, 0.05) is 11.1 Å². The zero-order valence-electron chi connectivity index (χ0n) is 14.9. The van der Waals surface area contributed by atoms with Crippen molar-refractivity contribution in [2.24, 2.45) is 0 Å². The van der Waals surface area contributed by atoms with Gasteiger partial charge in [-0.25, -0.2) is 4.98 Å². The fourth-order valence-corrected chi connectivity index (χ4v) is 3.84. The van der Waals surface area contributed by atoms with Crippen LogP contribution in [0.5, 0.6) is 5.75 Å². The van der Waals surface area contributed by atoms with Crippen LogP contribution < -0.4 is 10.1 Å². The summed E-state index contributed by atoms with van der Waals surface area (Å²) in [4.78, 5) is 18.9. The molecular weight excluding hydrogens is 370 g/mol. The minimum absolute atomic E-state index is 0.117. The van der Waals surface area contributed by atoms with E-state index >= 15 is 0 Å². The fraction of sp³-hybridized carbons (Fsp3) is 0.263. The first-order valence-corrected chi connectivity index (χ1v) is 9.32. The molecule has 5 nitrogen and oxygen atoms in total. The monoisotopic (exact) mass is 389 g/mol. The minimum atomic E-state index is -0.117. The summed E-state index contributed by atoms with van der Waals surface area (Å²) < 4.78 is 6.45. The van der Waals surface area contributed by atoms with Gasteiger partial charge in [0.2, 0.25) is 5.91 Å². The Morgan fingerprint density at radius 3 is 2.85 bits per heavy atom. The third kappa shape index (κ3) is 4.33. The molecule has 0 saturated heterocycles. The number of fused-ring (bicyclic) bond motifs is 1. The van der Waals surface area contributed by atoms with Gasteiger partial charge in [-0.05, 0) is 37.7 Å². The van der Waals surface area contributed by atoms with Crippen molar-refractivity contribution < 1.29 is 9.53 Å². The highest BCUT2D eigenvalue weighted by Gasteiger charge is 2.13. The number of hydrogen-bond acceptors (Lipinski definition) is 5. The van der Waals surface area contributed by atoms with E-state index in [1.807, 2.05) is 43.1 Å². The number of likely N-dealkylation sites (N-methyl/N-ethyl adjacent to an activating group) is 1. The molecule has 136 valence electrons. The van der Waals surface area contributed by atoms with Crippen LogP contribution in [0.4, 0.5) is 5.69 Å². The largest absolute Gasteiger partial charge is 0.495 e. The van der Waals surface area contributed by atoms with Gasteiger partial charge in [-0.15, -0.1) is 11.3 Å². The molecule has 0 aliphatic heterocycles. The summed E-state index contributed by atoms with van der Waals surface area (Å²) in [5.74, 6) is 0.427. The SMILES string of the molecule is COc1cc(Cl)c(C)cc1NC(=O)CN(C)Cc1nc2ccccc2s1. The Bertz CT molecular complexity index is 909. The van der Waals surface area contributed by atoms with Crippen molar-refractivity contribution in [1.82, 2.24) is 9.88 Å². The maximum absolute atomic E-state index is 12.4. The fourth-order valence-electron chi connectivity index (χ4n) is 2.64. The number of halogens is 1. The molecular formula is C19H20ClN3O2S. The molecule has 0 aliphatic carbocycles. The number of para-hydroxylation sites is 1. The normalized spacial score (nSPS) is 11.1. The summed E-state index contributed by atoms with van der Waals surface area (Å²) in [6, 6.07) is 11.5. The summed E-state index contributed by atoms with van der Waals surface area (Å²) >= 11 is 7.75. The molecule has 0 fully saturated rings. The third-order valence-electron chi connectivity index (χ3n) is 3.91. The molecule has 3 rings (SSSR count). The molecule has 1 heterocycles. The summed E-state index contributed by atoms with van der Waals surface area (Å²) in [5.41, 5.74) is 2.49. The van der Waals surface area contributed by atoms with Gasteiger partial charge < -0.3 is 10.1 Å². The predicted octanol–water partition coefficient (Wildman–Crippen LogP) is 4.34. The van der Waals surface area contributed by atoms with E-state index < -0.39 is 0 Å². The van der Waals surface area contributed by atoms with Gasteiger partial charge in [-0.1, -0.05) is 23.7 Å². The van der Waals surface area contributed by atoms with Gasteiger partial charge in [-0.2, -0.15) is 0 Å². The zero-order valence-corrected chi connectivity index (χ0v) is 16.4. The lowest BCUT2D eigenvalue weighted by molar-refractivity contribution is -0.117. The van der Waals surface area contributed by atoms with Crippen LogP contribution in [0.3, 0.4) is 0 Å². The highest BCUT2D eigenvalue weighted by molar-refractivity contribution is 7.18. The number of carbonyl (C=O) groups is 1. The summed E-state index contributed by atoms with van der Waals surface area (Å²) in [7, 11) is 3.45. The second-order valence-electron chi connectivity index (χ2n) is 6.10. The molecule has 0 spiro atoms. The van der Waals surface area contributed by atoms with Crippen molar-refractivity contribution in [3.05, 3.63) is 52.0 Å². The molecule has 0 aliphatic rings. The van der Waals surface area contributed by atoms with Crippen LogP contribution in [-0.2, 0) is 11.3 Å². The molecule has 1 N–H and O–H groups in total. The highest BCUT2D eigenvalue weighted by Crippen LogP contribution is 2.31. The van der Waals surface area contributed by atoms with Gasteiger partial charge in [0.1, 0.15) is 10.8 Å². The van der Waals surface area contributed by atoms with E-state index in [9.17, 15) is 4.79 Å².